The van der Waals surface area contributed by atoms with Gasteiger partial charge in [-0.15, -0.1) is 0 Å². The van der Waals surface area contributed by atoms with Gasteiger partial charge in [0, 0.05) is 6.92 Å². The molecule has 1 atom stereocenters. The molecule has 1 unspecified atom stereocenters. The summed E-state index contributed by atoms with van der Waals surface area (Å²) < 4.78 is 0. The predicted octanol–water partition coefficient (Wildman–Crippen LogP) is 3.16. The Bertz CT molecular complexity index is 581. The van der Waals surface area contributed by atoms with Crippen LogP contribution in [0.3, 0.4) is 0 Å². The monoisotopic (exact) mass is 361 g/mol. The van der Waals surface area contributed by atoms with Crippen molar-refractivity contribution >= 4 is 5.91 Å². The fraction of sp³-hybridized carbons (Fsp3) is 0.682. The van der Waals surface area contributed by atoms with Crippen LogP contribution in [0.1, 0.15) is 69.1 Å². The lowest BCUT2D eigenvalue weighted by Crippen LogP contribution is -2.59. The fourth-order valence-electron chi connectivity index (χ4n) is 4.17. The van der Waals surface area contributed by atoms with Crippen molar-refractivity contribution in [3.05, 3.63) is 34.9 Å². The summed E-state index contributed by atoms with van der Waals surface area (Å²) in [6.07, 6.45) is 10.5. The van der Waals surface area contributed by atoms with Crippen LogP contribution < -0.4 is 5.32 Å². The number of carbonyl (C=O) groups is 1. The quantitative estimate of drug-likeness (QED) is 0.530. The van der Waals surface area contributed by atoms with Gasteiger partial charge in [-0.1, -0.05) is 57.2 Å². The Balaban J connectivity index is 1.94. The molecular weight excluding hydrogens is 326 g/mol. The summed E-state index contributed by atoms with van der Waals surface area (Å²) in [5.41, 5.74) is 3.01. The second-order valence-corrected chi connectivity index (χ2v) is 7.88. The van der Waals surface area contributed by atoms with Crippen LogP contribution in [-0.2, 0) is 24.1 Å². The molecule has 2 rings (SSSR count). The van der Waals surface area contributed by atoms with E-state index in [1.165, 1.54) is 62.1 Å². The minimum absolute atomic E-state index is 0.0284. The van der Waals surface area contributed by atoms with Gasteiger partial charge < -0.3 is 15.5 Å². The third kappa shape index (κ3) is 5.31. The number of carbonyl (C=O) groups excluding carboxylic acids is 1. The molecule has 4 heteroatoms. The minimum atomic E-state index is -0.940. The number of aliphatic hydroxyl groups is 2. The van der Waals surface area contributed by atoms with Crippen LogP contribution in [0, 0.1) is 5.92 Å². The lowest BCUT2D eigenvalue weighted by atomic mass is 9.82. The van der Waals surface area contributed by atoms with Gasteiger partial charge in [-0.25, -0.2) is 0 Å². The molecule has 0 radical (unpaired) electrons. The largest absolute Gasteiger partial charge is 0.394 e. The van der Waals surface area contributed by atoms with Crippen molar-refractivity contribution in [1.29, 1.82) is 0 Å². The molecule has 1 aliphatic rings. The van der Waals surface area contributed by atoms with Crippen LogP contribution >= 0.6 is 0 Å². The van der Waals surface area contributed by atoms with Gasteiger partial charge >= 0.3 is 0 Å². The molecule has 146 valence electrons. The third-order valence-corrected chi connectivity index (χ3v) is 5.79. The first kappa shape index (κ1) is 20.9. The minimum Gasteiger partial charge on any atom is -0.394 e. The number of amides is 1. The Labute approximate surface area is 158 Å². The van der Waals surface area contributed by atoms with E-state index in [1.54, 1.807) is 0 Å². The molecule has 0 saturated heterocycles. The normalized spacial score (nSPS) is 16.5. The molecule has 1 aromatic carbocycles. The summed E-state index contributed by atoms with van der Waals surface area (Å²) >= 11 is 0. The highest BCUT2D eigenvalue weighted by Crippen LogP contribution is 2.34. The molecule has 0 aromatic heterocycles. The summed E-state index contributed by atoms with van der Waals surface area (Å²) in [6.45, 7) is 3.19. The number of benzene rings is 1. The standard InChI is InChI=1S/C22H35NO3/c1-3-4-5-6-7-8-9-18-10-11-19-13-21(14-20(19)12-18)22(15-24,16-25)23-17(2)26/h10-12,21,24-25H,3-9,13-16H2,1-2H3,(H,23,26). The molecule has 1 aliphatic carbocycles. The maximum Gasteiger partial charge on any atom is 0.217 e. The van der Waals surface area contributed by atoms with Crippen molar-refractivity contribution in [2.45, 2.75) is 77.2 Å². The molecule has 0 saturated carbocycles. The third-order valence-electron chi connectivity index (χ3n) is 5.79. The van der Waals surface area contributed by atoms with Gasteiger partial charge in [0.15, 0.2) is 0 Å². The Morgan fingerprint density at radius 3 is 2.38 bits per heavy atom. The van der Waals surface area contributed by atoms with E-state index in [4.69, 9.17) is 0 Å². The summed E-state index contributed by atoms with van der Waals surface area (Å²) in [5.74, 6) is -0.187. The van der Waals surface area contributed by atoms with Gasteiger partial charge in [-0.2, -0.15) is 0 Å². The number of rotatable bonds is 11. The topological polar surface area (TPSA) is 69.6 Å². The summed E-state index contributed by atoms with van der Waals surface area (Å²) in [6, 6.07) is 6.69. The van der Waals surface area contributed by atoms with Crippen molar-refractivity contribution in [3.8, 4) is 0 Å². The summed E-state index contributed by atoms with van der Waals surface area (Å²) in [7, 11) is 0. The van der Waals surface area contributed by atoms with Crippen LogP contribution in [0.2, 0.25) is 0 Å². The van der Waals surface area contributed by atoms with Crippen LogP contribution in [0.4, 0.5) is 0 Å². The first-order valence-corrected chi connectivity index (χ1v) is 10.2. The summed E-state index contributed by atoms with van der Waals surface area (Å²) in [4.78, 5) is 11.5. The summed E-state index contributed by atoms with van der Waals surface area (Å²) in [5, 5.41) is 22.5. The molecule has 1 aromatic rings. The molecule has 0 aliphatic heterocycles. The van der Waals surface area contributed by atoms with Gasteiger partial charge in [0.1, 0.15) is 0 Å². The molecule has 0 bridgehead atoms. The number of unbranched alkanes of at least 4 members (excludes halogenated alkanes) is 5. The average Bonchev–Trinajstić information content (AvgIpc) is 3.06. The van der Waals surface area contributed by atoms with Crippen LogP contribution in [0.15, 0.2) is 18.2 Å². The molecule has 26 heavy (non-hydrogen) atoms. The molecular formula is C22H35NO3. The maximum atomic E-state index is 11.5. The van der Waals surface area contributed by atoms with Crippen molar-refractivity contribution < 1.29 is 15.0 Å². The maximum absolute atomic E-state index is 11.5. The highest BCUT2D eigenvalue weighted by molar-refractivity contribution is 5.74. The highest BCUT2D eigenvalue weighted by atomic mass is 16.3. The molecule has 0 spiro atoms. The lowest BCUT2D eigenvalue weighted by Gasteiger charge is -2.36. The number of nitrogens with one attached hydrogen (secondary N) is 1. The Kier molecular flexibility index (Phi) is 8.11. The second-order valence-electron chi connectivity index (χ2n) is 7.88. The van der Waals surface area contributed by atoms with Crippen molar-refractivity contribution in [1.82, 2.24) is 5.32 Å². The molecule has 3 N–H and O–H groups in total. The van der Waals surface area contributed by atoms with E-state index in [0.29, 0.717) is 0 Å². The van der Waals surface area contributed by atoms with E-state index in [-0.39, 0.29) is 25.0 Å². The van der Waals surface area contributed by atoms with Crippen LogP contribution in [0.5, 0.6) is 0 Å². The Morgan fingerprint density at radius 2 is 1.73 bits per heavy atom. The predicted molar refractivity (Wildman–Crippen MR) is 105 cm³/mol. The second kappa shape index (κ2) is 10.1. The van der Waals surface area contributed by atoms with Gasteiger partial charge in [-0.3, -0.25) is 4.79 Å². The molecule has 4 nitrogen and oxygen atoms in total. The van der Waals surface area contributed by atoms with Gasteiger partial charge in [0.25, 0.3) is 0 Å². The van der Waals surface area contributed by atoms with Gasteiger partial charge in [0.05, 0.1) is 18.8 Å². The average molecular weight is 362 g/mol. The molecule has 1 amide bonds. The highest BCUT2D eigenvalue weighted by Gasteiger charge is 2.41. The first-order chi connectivity index (χ1) is 12.5. The molecule has 0 heterocycles. The van der Waals surface area contributed by atoms with E-state index >= 15 is 0 Å². The van der Waals surface area contributed by atoms with Crippen molar-refractivity contribution in [2.24, 2.45) is 5.92 Å². The number of aryl methyl sites for hydroxylation is 1. The molecule has 0 fully saturated rings. The van der Waals surface area contributed by atoms with Crippen molar-refractivity contribution in [2.75, 3.05) is 13.2 Å². The lowest BCUT2D eigenvalue weighted by molar-refractivity contribution is -0.123. The van der Waals surface area contributed by atoms with Crippen molar-refractivity contribution in [3.63, 3.8) is 0 Å². The Morgan fingerprint density at radius 1 is 1.08 bits per heavy atom. The van der Waals surface area contributed by atoms with E-state index < -0.39 is 5.54 Å². The van der Waals surface area contributed by atoms with E-state index in [9.17, 15) is 15.0 Å². The SMILES string of the molecule is CCCCCCCCc1ccc2c(c1)CC(C(CO)(CO)NC(C)=O)C2. The van der Waals surface area contributed by atoms with Crippen LogP contribution in [0.25, 0.3) is 0 Å². The van der Waals surface area contributed by atoms with Gasteiger partial charge in [-0.05, 0) is 48.3 Å². The zero-order valence-corrected chi connectivity index (χ0v) is 16.4. The van der Waals surface area contributed by atoms with Crippen LogP contribution in [-0.4, -0.2) is 34.9 Å². The number of fused-ring (bicyclic) bond motifs is 1. The van der Waals surface area contributed by atoms with Gasteiger partial charge in [0.2, 0.25) is 5.91 Å². The van der Waals surface area contributed by atoms with E-state index in [1.807, 2.05) is 0 Å². The van der Waals surface area contributed by atoms with E-state index in [0.717, 1.165) is 19.3 Å². The first-order valence-electron chi connectivity index (χ1n) is 10.2. The number of hydrogen-bond acceptors (Lipinski definition) is 3. The fourth-order valence-corrected chi connectivity index (χ4v) is 4.17. The number of aliphatic hydroxyl groups excluding tert-OH is 2. The zero-order chi connectivity index (χ0) is 19.0. The van der Waals surface area contributed by atoms with E-state index in [2.05, 4.69) is 30.4 Å². The smallest absolute Gasteiger partial charge is 0.217 e. The zero-order valence-electron chi connectivity index (χ0n) is 16.4. The Hall–Kier alpha value is -1.39. The number of hydrogen-bond donors (Lipinski definition) is 3.